The van der Waals surface area contributed by atoms with E-state index in [1.807, 2.05) is 0 Å². The first kappa shape index (κ1) is 26.9. The molecule has 3 aromatic carbocycles. The Kier molecular flexibility index (Phi) is 7.54. The lowest BCUT2D eigenvalue weighted by molar-refractivity contribution is -0.137. The third-order valence-electron chi connectivity index (χ3n) is 5.84. The minimum atomic E-state index is -4.64. The fourth-order valence-electron chi connectivity index (χ4n) is 3.88. The van der Waals surface area contributed by atoms with E-state index in [1.165, 1.54) is 48.5 Å². The molecule has 4 aromatic rings. The van der Waals surface area contributed by atoms with E-state index in [-0.39, 0.29) is 28.4 Å². The summed E-state index contributed by atoms with van der Waals surface area (Å²) in [6.45, 7) is 1.43. The summed E-state index contributed by atoms with van der Waals surface area (Å²) in [4.78, 5) is 29.5. The number of carbonyl (C=O) groups is 1. The molecule has 0 bridgehead atoms. The Hall–Kier alpha value is -4.18. The number of anilines is 1. The molecule has 0 radical (unpaired) electrons. The van der Waals surface area contributed by atoms with Gasteiger partial charge in [0.1, 0.15) is 5.56 Å². The first-order valence-electron chi connectivity index (χ1n) is 11.5. The van der Waals surface area contributed by atoms with Crippen LogP contribution in [0.25, 0.3) is 0 Å². The molecule has 38 heavy (non-hydrogen) atoms. The number of hydrogen-bond donors (Lipinski definition) is 1. The molecule has 0 fully saturated rings. The van der Waals surface area contributed by atoms with Gasteiger partial charge < -0.3 is 9.88 Å². The third kappa shape index (κ3) is 6.20. The number of H-pyrrole nitrogens is 1. The molecule has 0 unspecified atom stereocenters. The molecule has 0 aliphatic rings. The van der Waals surface area contributed by atoms with Gasteiger partial charge in [0.05, 0.1) is 22.8 Å². The zero-order chi connectivity index (χ0) is 27.5. The highest BCUT2D eigenvalue weighted by Gasteiger charge is 2.32. The summed E-state index contributed by atoms with van der Waals surface area (Å²) in [7, 11) is -3.65. The van der Waals surface area contributed by atoms with E-state index in [0.29, 0.717) is 16.8 Å². The van der Waals surface area contributed by atoms with E-state index in [1.54, 1.807) is 37.3 Å². The smallest absolute Gasteiger partial charge is 0.326 e. The predicted octanol–water partition coefficient (Wildman–Crippen LogP) is 5.52. The number of rotatable bonds is 7. The van der Waals surface area contributed by atoms with Crippen molar-refractivity contribution in [3.8, 4) is 0 Å². The van der Waals surface area contributed by atoms with Crippen LogP contribution in [-0.4, -0.2) is 19.3 Å². The highest BCUT2D eigenvalue weighted by atomic mass is 32.2. The number of alkyl halides is 3. The number of hydrogen-bond acceptors (Lipinski definition) is 4. The molecule has 0 aliphatic carbocycles. The van der Waals surface area contributed by atoms with Crippen molar-refractivity contribution in [2.24, 2.45) is 0 Å². The monoisotopic (exact) mass is 540 g/mol. The van der Waals surface area contributed by atoms with Gasteiger partial charge in [0.2, 0.25) is 0 Å². The molecule has 0 atom stereocenters. The summed E-state index contributed by atoms with van der Waals surface area (Å²) < 4.78 is 65.8. The Balaban J connectivity index is 1.68. The SMILES string of the molecule is Cc1ccc(C(=O)N(Cc2ccc(S(=O)(=O)Cc3ccccc3)cc2)c2cccc(C(F)(F)F)c2)c(=O)[nH]1. The number of nitrogens with one attached hydrogen (secondary N) is 1. The van der Waals surface area contributed by atoms with Crippen LogP contribution in [0.15, 0.2) is 101 Å². The minimum Gasteiger partial charge on any atom is -0.326 e. The number of aromatic nitrogens is 1. The van der Waals surface area contributed by atoms with Gasteiger partial charge in [-0.05, 0) is 60.5 Å². The summed E-state index contributed by atoms with van der Waals surface area (Å²) in [6.07, 6.45) is -4.64. The Morgan fingerprint density at radius 2 is 1.55 bits per heavy atom. The summed E-state index contributed by atoms with van der Waals surface area (Å²) >= 11 is 0. The normalized spacial score (nSPS) is 11.8. The van der Waals surface area contributed by atoms with Crippen LogP contribution in [0.1, 0.15) is 32.7 Å². The van der Waals surface area contributed by atoms with Crippen molar-refractivity contribution in [3.63, 3.8) is 0 Å². The van der Waals surface area contributed by atoms with Crippen molar-refractivity contribution in [1.29, 1.82) is 0 Å². The van der Waals surface area contributed by atoms with Crippen LogP contribution in [0.5, 0.6) is 0 Å². The first-order chi connectivity index (χ1) is 17.9. The highest BCUT2D eigenvalue weighted by Crippen LogP contribution is 2.32. The summed E-state index contributed by atoms with van der Waals surface area (Å²) in [6, 6.07) is 21.5. The van der Waals surface area contributed by atoms with E-state index in [9.17, 15) is 31.2 Å². The average Bonchev–Trinajstić information content (AvgIpc) is 2.87. The van der Waals surface area contributed by atoms with E-state index in [0.717, 1.165) is 17.0 Å². The van der Waals surface area contributed by atoms with E-state index in [4.69, 9.17) is 0 Å². The van der Waals surface area contributed by atoms with Gasteiger partial charge in [0, 0.05) is 11.4 Å². The second-order valence-corrected chi connectivity index (χ2v) is 10.7. The van der Waals surface area contributed by atoms with Crippen LogP contribution in [-0.2, 0) is 28.3 Å². The second kappa shape index (κ2) is 10.7. The zero-order valence-corrected chi connectivity index (χ0v) is 21.0. The van der Waals surface area contributed by atoms with E-state index < -0.39 is 33.0 Å². The molecule has 0 spiro atoms. The summed E-state index contributed by atoms with van der Waals surface area (Å²) in [5, 5.41) is 0. The molecule has 10 heteroatoms. The van der Waals surface area contributed by atoms with Crippen molar-refractivity contribution in [2.75, 3.05) is 4.90 Å². The number of sulfone groups is 1. The van der Waals surface area contributed by atoms with Crippen LogP contribution >= 0.6 is 0 Å². The van der Waals surface area contributed by atoms with Crippen molar-refractivity contribution < 1.29 is 26.4 Å². The molecule has 1 aromatic heterocycles. The number of amides is 1. The average molecular weight is 541 g/mol. The molecule has 1 N–H and O–H groups in total. The molecule has 0 saturated heterocycles. The lowest BCUT2D eigenvalue weighted by Gasteiger charge is -2.24. The Labute approximate surface area is 217 Å². The molecule has 4 rings (SSSR count). The number of pyridine rings is 1. The van der Waals surface area contributed by atoms with Gasteiger partial charge in [-0.1, -0.05) is 48.5 Å². The molecular formula is C28H23F3N2O4S. The summed E-state index contributed by atoms with van der Waals surface area (Å²) in [5.74, 6) is -0.996. The quantitative estimate of drug-likeness (QED) is 0.334. The Morgan fingerprint density at radius 3 is 2.18 bits per heavy atom. The van der Waals surface area contributed by atoms with E-state index in [2.05, 4.69) is 4.98 Å². The Bertz CT molecular complexity index is 1610. The maximum Gasteiger partial charge on any atom is 0.416 e. The van der Waals surface area contributed by atoms with Crippen LogP contribution in [0.2, 0.25) is 0 Å². The molecule has 0 saturated carbocycles. The standard InChI is InChI=1S/C28H23F3N2O4S/c1-19-10-15-25(26(34)32-19)27(35)33(23-9-5-8-22(16-23)28(29,30)31)17-20-11-13-24(14-12-20)38(36,37)18-21-6-3-2-4-7-21/h2-16H,17-18H2,1H3,(H,32,34). The minimum absolute atomic E-state index is 0.0643. The van der Waals surface area contributed by atoms with Gasteiger partial charge >= 0.3 is 6.18 Å². The molecule has 0 aliphatic heterocycles. The van der Waals surface area contributed by atoms with Gasteiger partial charge in [-0.3, -0.25) is 9.59 Å². The third-order valence-corrected chi connectivity index (χ3v) is 7.54. The number of aromatic amines is 1. The first-order valence-corrected chi connectivity index (χ1v) is 13.1. The largest absolute Gasteiger partial charge is 0.416 e. The van der Waals surface area contributed by atoms with Crippen molar-refractivity contribution >= 4 is 21.4 Å². The number of aryl methyl sites for hydroxylation is 1. The number of nitrogens with zero attached hydrogens (tertiary/aromatic N) is 1. The lowest BCUT2D eigenvalue weighted by atomic mass is 10.1. The maximum absolute atomic E-state index is 13.4. The number of halogens is 3. The van der Waals surface area contributed by atoms with Gasteiger partial charge in [0.15, 0.2) is 9.84 Å². The van der Waals surface area contributed by atoms with Gasteiger partial charge in [-0.25, -0.2) is 8.42 Å². The Morgan fingerprint density at radius 1 is 0.868 bits per heavy atom. The number of carbonyl (C=O) groups excluding carboxylic acids is 1. The van der Waals surface area contributed by atoms with E-state index >= 15 is 0 Å². The van der Waals surface area contributed by atoms with Crippen molar-refractivity contribution in [3.05, 3.63) is 129 Å². The second-order valence-electron chi connectivity index (χ2n) is 8.71. The van der Waals surface area contributed by atoms with Crippen LogP contribution in [0.4, 0.5) is 18.9 Å². The van der Waals surface area contributed by atoms with Crippen LogP contribution in [0.3, 0.4) is 0 Å². The maximum atomic E-state index is 13.4. The molecule has 196 valence electrons. The topological polar surface area (TPSA) is 87.3 Å². The molecule has 6 nitrogen and oxygen atoms in total. The molecule has 1 heterocycles. The van der Waals surface area contributed by atoms with Crippen molar-refractivity contribution in [2.45, 2.75) is 30.3 Å². The van der Waals surface area contributed by atoms with Crippen LogP contribution in [0, 0.1) is 6.92 Å². The van der Waals surface area contributed by atoms with Gasteiger partial charge in [-0.15, -0.1) is 0 Å². The lowest BCUT2D eigenvalue weighted by Crippen LogP contribution is -2.34. The highest BCUT2D eigenvalue weighted by molar-refractivity contribution is 7.90. The summed E-state index contributed by atoms with van der Waals surface area (Å²) in [5.41, 5.74) is -0.327. The fraction of sp³-hybridized carbons (Fsp3) is 0.143. The van der Waals surface area contributed by atoms with Crippen molar-refractivity contribution in [1.82, 2.24) is 4.98 Å². The van der Waals surface area contributed by atoms with Gasteiger partial charge in [0.25, 0.3) is 11.5 Å². The predicted molar refractivity (Wildman–Crippen MR) is 138 cm³/mol. The molecule has 1 amide bonds. The van der Waals surface area contributed by atoms with Gasteiger partial charge in [-0.2, -0.15) is 13.2 Å². The number of benzene rings is 3. The van der Waals surface area contributed by atoms with Crippen LogP contribution < -0.4 is 10.5 Å². The molecular weight excluding hydrogens is 517 g/mol. The fourth-order valence-corrected chi connectivity index (χ4v) is 5.23. The zero-order valence-electron chi connectivity index (χ0n) is 20.2.